The van der Waals surface area contributed by atoms with Crippen molar-refractivity contribution in [2.24, 2.45) is 0 Å². The Labute approximate surface area is 127 Å². The van der Waals surface area contributed by atoms with Gasteiger partial charge in [0, 0.05) is 0 Å². The molecule has 0 atom stereocenters. The molecule has 5 heteroatoms. The summed E-state index contributed by atoms with van der Waals surface area (Å²) in [5, 5.41) is 0. The number of fused-ring (bicyclic) bond motifs is 1. The maximum atomic E-state index is 4.98. The summed E-state index contributed by atoms with van der Waals surface area (Å²) in [6.45, 7) is 0. The summed E-state index contributed by atoms with van der Waals surface area (Å²) < 4.78 is 2.08. The van der Waals surface area contributed by atoms with Gasteiger partial charge in [-0.2, -0.15) is 0 Å². The Morgan fingerprint density at radius 3 is 2.58 bits per heavy atom. The number of aromatic amines is 1. The van der Waals surface area contributed by atoms with Gasteiger partial charge in [0.1, 0.15) is 0 Å². The molecule has 0 spiro atoms. The second-order valence-electron chi connectivity index (χ2n) is 2.01. The maximum absolute atomic E-state index is 4.98. The molecule has 54 valence electrons. The zero-order valence-electron chi connectivity index (χ0n) is 9.13. The van der Waals surface area contributed by atoms with Crippen LogP contribution in [0.1, 0.15) is 2.85 Å². The minimum Gasteiger partial charge on any atom is -1.00 e. The Morgan fingerprint density at radius 2 is 1.92 bits per heavy atom. The molecule has 2 rings (SSSR count). The number of nitrogens with one attached hydrogen (secondary N) is 1. The zero-order valence-corrected chi connectivity index (χ0v) is 12.8. The van der Waals surface area contributed by atoms with Crippen LogP contribution in [0.3, 0.4) is 0 Å². The first kappa shape index (κ1) is 13.3. The van der Waals surface area contributed by atoms with Crippen LogP contribution in [0.4, 0.5) is 0 Å². The van der Waals surface area contributed by atoms with Crippen LogP contribution in [-0.4, -0.2) is 4.98 Å². The fourth-order valence-electron chi connectivity index (χ4n) is 0.894. The van der Waals surface area contributed by atoms with Gasteiger partial charge < -0.3 is 7.84 Å². The third-order valence-electron chi connectivity index (χ3n) is 1.33. The van der Waals surface area contributed by atoms with Gasteiger partial charge in [-0.15, -0.1) is 11.3 Å². The molecular formula is C7H7NNa2S2. The molecule has 0 unspecified atom stereocenters. The average molecular weight is 215 g/mol. The van der Waals surface area contributed by atoms with Crippen molar-refractivity contribution in [3.05, 3.63) is 28.2 Å². The van der Waals surface area contributed by atoms with Crippen LogP contribution in [0.25, 0.3) is 10.2 Å². The first-order valence-electron chi connectivity index (χ1n) is 2.94. The van der Waals surface area contributed by atoms with Gasteiger partial charge in [0.05, 0.1) is 10.2 Å². The van der Waals surface area contributed by atoms with E-state index < -0.39 is 0 Å². The van der Waals surface area contributed by atoms with E-state index in [2.05, 4.69) is 11.1 Å². The standard InChI is InChI=1S/C7H5NS2.2Na.2H/c9-7-8-5-3-1-2-4-6(5)10-7;;;;/h1-4H,(H,8,9);;;;/q;2*+1;2*-1. The van der Waals surface area contributed by atoms with E-state index in [4.69, 9.17) is 12.2 Å². The van der Waals surface area contributed by atoms with E-state index in [9.17, 15) is 0 Å². The van der Waals surface area contributed by atoms with Gasteiger partial charge in [-0.3, -0.25) is 0 Å². The van der Waals surface area contributed by atoms with Crippen LogP contribution in [0.15, 0.2) is 24.3 Å². The molecule has 0 saturated heterocycles. The summed E-state index contributed by atoms with van der Waals surface area (Å²) in [5.41, 5.74) is 1.14. The molecule has 2 aromatic rings. The van der Waals surface area contributed by atoms with Crippen molar-refractivity contribution in [3.63, 3.8) is 0 Å². The monoisotopic (exact) mass is 215 g/mol. The third kappa shape index (κ3) is 2.93. The molecule has 0 bridgehead atoms. The largest absolute Gasteiger partial charge is 1.00 e. The Morgan fingerprint density at radius 1 is 1.25 bits per heavy atom. The molecule has 0 aliphatic carbocycles. The average Bonchev–Trinajstić information content (AvgIpc) is 2.27. The van der Waals surface area contributed by atoms with Crippen molar-refractivity contribution in [1.29, 1.82) is 0 Å². The maximum Gasteiger partial charge on any atom is 1.00 e. The minimum absolute atomic E-state index is 0. The molecule has 0 aliphatic rings. The molecule has 1 aromatic heterocycles. The van der Waals surface area contributed by atoms with E-state index in [-0.39, 0.29) is 62.0 Å². The molecule has 0 aliphatic heterocycles. The number of hydrogen-bond acceptors (Lipinski definition) is 2. The van der Waals surface area contributed by atoms with E-state index in [1.165, 1.54) is 4.70 Å². The van der Waals surface area contributed by atoms with Crippen LogP contribution in [0, 0.1) is 3.95 Å². The fraction of sp³-hybridized carbons (Fsp3) is 0. The number of rotatable bonds is 0. The molecule has 1 aromatic carbocycles. The molecule has 1 nitrogen and oxygen atoms in total. The number of H-pyrrole nitrogens is 1. The van der Waals surface area contributed by atoms with E-state index in [1.807, 2.05) is 18.2 Å². The Bertz CT molecular complexity index is 379. The molecule has 0 radical (unpaired) electrons. The molecule has 0 saturated carbocycles. The van der Waals surface area contributed by atoms with E-state index >= 15 is 0 Å². The molecule has 0 amide bonds. The number of para-hydroxylation sites is 1. The van der Waals surface area contributed by atoms with E-state index in [1.54, 1.807) is 11.3 Å². The molecule has 1 N–H and O–H groups in total. The quantitative estimate of drug-likeness (QED) is 0.370. The van der Waals surface area contributed by atoms with Gasteiger partial charge >= 0.3 is 59.1 Å². The van der Waals surface area contributed by atoms with Crippen molar-refractivity contribution in [2.45, 2.75) is 0 Å². The van der Waals surface area contributed by atoms with Gasteiger partial charge in [0.25, 0.3) is 0 Å². The normalized spacial score (nSPS) is 8.67. The second-order valence-corrected chi connectivity index (χ2v) is 3.73. The summed E-state index contributed by atoms with van der Waals surface area (Å²) in [7, 11) is 0. The van der Waals surface area contributed by atoms with Crippen LogP contribution in [0.5, 0.6) is 0 Å². The zero-order chi connectivity index (χ0) is 6.97. The van der Waals surface area contributed by atoms with Gasteiger partial charge in [-0.1, -0.05) is 12.1 Å². The van der Waals surface area contributed by atoms with Crippen molar-refractivity contribution < 1.29 is 62.0 Å². The number of aromatic nitrogens is 1. The van der Waals surface area contributed by atoms with Crippen molar-refractivity contribution >= 4 is 33.8 Å². The Balaban J connectivity index is -0.000000302. The van der Waals surface area contributed by atoms with Crippen LogP contribution in [-0.2, 0) is 0 Å². The summed E-state index contributed by atoms with van der Waals surface area (Å²) in [6.07, 6.45) is 0. The van der Waals surface area contributed by atoms with Gasteiger partial charge in [0.15, 0.2) is 3.95 Å². The summed E-state index contributed by atoms with van der Waals surface area (Å²) in [5.74, 6) is 0. The van der Waals surface area contributed by atoms with E-state index in [0.29, 0.717) is 0 Å². The smallest absolute Gasteiger partial charge is 1.00 e. The number of benzene rings is 1. The molecule has 0 fully saturated rings. The van der Waals surface area contributed by atoms with Gasteiger partial charge in [-0.05, 0) is 24.4 Å². The van der Waals surface area contributed by atoms with Crippen molar-refractivity contribution in [1.82, 2.24) is 4.98 Å². The fourth-order valence-corrected chi connectivity index (χ4v) is 2.01. The van der Waals surface area contributed by atoms with Crippen molar-refractivity contribution in [2.75, 3.05) is 0 Å². The van der Waals surface area contributed by atoms with E-state index in [0.717, 1.165) is 9.47 Å². The van der Waals surface area contributed by atoms with Crippen molar-refractivity contribution in [3.8, 4) is 0 Å². The predicted molar refractivity (Wildman–Crippen MR) is 49.2 cm³/mol. The van der Waals surface area contributed by atoms with Gasteiger partial charge in [-0.25, -0.2) is 0 Å². The predicted octanol–water partition coefficient (Wildman–Crippen LogP) is -2.81. The second kappa shape index (κ2) is 5.94. The van der Waals surface area contributed by atoms with Gasteiger partial charge in [0.2, 0.25) is 0 Å². The summed E-state index contributed by atoms with van der Waals surface area (Å²) >= 11 is 6.59. The first-order valence-corrected chi connectivity index (χ1v) is 4.16. The van der Waals surface area contributed by atoms with Crippen LogP contribution < -0.4 is 59.1 Å². The first-order chi connectivity index (χ1) is 4.86. The molecule has 12 heavy (non-hydrogen) atoms. The molecule has 1 heterocycles. The third-order valence-corrected chi connectivity index (χ3v) is 2.54. The van der Waals surface area contributed by atoms with Crippen LogP contribution >= 0.6 is 23.6 Å². The Kier molecular flexibility index (Phi) is 6.59. The topological polar surface area (TPSA) is 15.8 Å². The summed E-state index contributed by atoms with van der Waals surface area (Å²) in [4.78, 5) is 3.09. The molecular weight excluding hydrogens is 208 g/mol. The van der Waals surface area contributed by atoms with Crippen LogP contribution in [0.2, 0.25) is 0 Å². The SMILES string of the molecule is S=c1[nH]c2ccccc2s1.[H-].[H-].[Na+].[Na+]. The summed E-state index contributed by atoms with van der Waals surface area (Å²) in [6, 6.07) is 8.11. The Hall–Kier alpha value is 1.33. The number of thiazole rings is 1. The number of hydrogen-bond donors (Lipinski definition) is 1. The minimum atomic E-state index is 0.